The highest BCUT2D eigenvalue weighted by Crippen LogP contribution is 2.24. The molecule has 22 heavy (non-hydrogen) atoms. The molecule has 2 aromatic heterocycles. The first-order valence-corrected chi connectivity index (χ1v) is 8.03. The molecule has 0 aliphatic carbocycles. The number of pyridine rings is 1. The summed E-state index contributed by atoms with van der Waals surface area (Å²) in [6, 6.07) is 1.80. The van der Waals surface area contributed by atoms with Gasteiger partial charge in [0, 0.05) is 43.3 Å². The Balaban J connectivity index is 1.73. The second kappa shape index (κ2) is 6.27. The van der Waals surface area contributed by atoms with Crippen LogP contribution in [0, 0.1) is 17.0 Å². The van der Waals surface area contributed by atoms with Crippen molar-refractivity contribution in [2.75, 3.05) is 36.0 Å². The van der Waals surface area contributed by atoms with Gasteiger partial charge >= 0.3 is 0 Å². The smallest absolute Gasteiger partial charge is 0.290 e. The molecule has 0 N–H and O–H groups in total. The fourth-order valence-corrected chi connectivity index (χ4v) is 3.30. The molecule has 0 spiro atoms. The maximum atomic E-state index is 10.9. The van der Waals surface area contributed by atoms with Gasteiger partial charge in [0.1, 0.15) is 12.0 Å². The number of nitrogens with zero attached hydrogens (tertiary/aromatic N) is 5. The summed E-state index contributed by atoms with van der Waals surface area (Å²) in [7, 11) is 0. The third-order valence-electron chi connectivity index (χ3n) is 3.78. The molecular weight excluding hydrogens is 302 g/mol. The van der Waals surface area contributed by atoms with Crippen LogP contribution in [0.25, 0.3) is 0 Å². The quantitative estimate of drug-likeness (QED) is 0.639. The van der Waals surface area contributed by atoms with Gasteiger partial charge in [-0.25, -0.2) is 9.97 Å². The third-order valence-corrected chi connectivity index (χ3v) is 4.61. The highest BCUT2D eigenvalue weighted by Gasteiger charge is 2.19. The second-order valence-electron chi connectivity index (χ2n) is 5.23. The molecule has 0 aromatic carbocycles. The second-order valence-corrected chi connectivity index (χ2v) is 6.10. The SMILES string of the molecule is Cc1cc(N2CCCN(c3nccs3)CC2)ncc1[N+](=O)[O-]. The molecule has 7 nitrogen and oxygen atoms in total. The van der Waals surface area contributed by atoms with E-state index in [9.17, 15) is 10.1 Å². The fraction of sp³-hybridized carbons (Fsp3) is 0.429. The van der Waals surface area contributed by atoms with Gasteiger partial charge in [-0.15, -0.1) is 11.3 Å². The number of anilines is 2. The van der Waals surface area contributed by atoms with E-state index >= 15 is 0 Å². The number of hydrogen-bond acceptors (Lipinski definition) is 7. The van der Waals surface area contributed by atoms with E-state index in [-0.39, 0.29) is 5.69 Å². The minimum absolute atomic E-state index is 0.0722. The number of aromatic nitrogens is 2. The first kappa shape index (κ1) is 14.7. The Labute approximate surface area is 132 Å². The van der Waals surface area contributed by atoms with Crippen LogP contribution in [-0.4, -0.2) is 41.1 Å². The first-order valence-electron chi connectivity index (χ1n) is 7.15. The summed E-state index contributed by atoms with van der Waals surface area (Å²) in [5.41, 5.74) is 0.721. The molecule has 3 rings (SSSR count). The Morgan fingerprint density at radius 1 is 1.23 bits per heavy atom. The van der Waals surface area contributed by atoms with Gasteiger partial charge in [0.2, 0.25) is 0 Å². The van der Waals surface area contributed by atoms with Crippen molar-refractivity contribution in [1.82, 2.24) is 9.97 Å². The first-order chi connectivity index (χ1) is 10.6. The molecule has 1 aliphatic heterocycles. The summed E-state index contributed by atoms with van der Waals surface area (Å²) in [4.78, 5) is 23.6. The van der Waals surface area contributed by atoms with E-state index < -0.39 is 4.92 Å². The molecule has 8 heteroatoms. The lowest BCUT2D eigenvalue weighted by Gasteiger charge is -2.22. The van der Waals surface area contributed by atoms with Gasteiger partial charge in [0.05, 0.1) is 4.92 Å². The topological polar surface area (TPSA) is 75.4 Å². The third kappa shape index (κ3) is 3.01. The minimum atomic E-state index is -0.390. The molecule has 0 bridgehead atoms. The van der Waals surface area contributed by atoms with Crippen molar-refractivity contribution in [3.63, 3.8) is 0 Å². The molecular formula is C14H17N5O2S. The van der Waals surface area contributed by atoms with Gasteiger partial charge < -0.3 is 9.80 Å². The summed E-state index contributed by atoms with van der Waals surface area (Å²) in [5, 5.41) is 13.9. The van der Waals surface area contributed by atoms with E-state index in [4.69, 9.17) is 0 Å². The summed E-state index contributed by atoms with van der Waals surface area (Å²) < 4.78 is 0. The van der Waals surface area contributed by atoms with Crippen LogP contribution in [0.4, 0.5) is 16.6 Å². The molecule has 2 aromatic rings. The standard InChI is InChI=1S/C14H17N5O2S/c1-11-9-13(16-10-12(11)19(20)21)17-4-2-5-18(7-6-17)14-15-3-8-22-14/h3,8-10H,2,4-7H2,1H3. The average molecular weight is 319 g/mol. The summed E-state index contributed by atoms with van der Waals surface area (Å²) >= 11 is 1.65. The van der Waals surface area contributed by atoms with Gasteiger partial charge in [0.25, 0.3) is 5.69 Å². The maximum absolute atomic E-state index is 10.9. The number of hydrogen-bond donors (Lipinski definition) is 0. The average Bonchev–Trinajstić information content (AvgIpc) is 2.91. The monoisotopic (exact) mass is 319 g/mol. The molecule has 0 atom stereocenters. The molecule has 0 radical (unpaired) electrons. The summed E-state index contributed by atoms with van der Waals surface area (Å²) in [6.07, 6.45) is 4.19. The van der Waals surface area contributed by atoms with Crippen molar-refractivity contribution >= 4 is 28.0 Å². The van der Waals surface area contributed by atoms with Crippen LogP contribution in [0.3, 0.4) is 0 Å². The van der Waals surface area contributed by atoms with E-state index in [1.165, 1.54) is 6.20 Å². The molecule has 116 valence electrons. The molecule has 1 saturated heterocycles. The Hall–Kier alpha value is -2.22. The van der Waals surface area contributed by atoms with Crippen LogP contribution < -0.4 is 9.80 Å². The van der Waals surface area contributed by atoms with Crippen LogP contribution in [0.1, 0.15) is 12.0 Å². The van der Waals surface area contributed by atoms with Crippen molar-refractivity contribution in [3.8, 4) is 0 Å². The zero-order chi connectivity index (χ0) is 15.5. The van der Waals surface area contributed by atoms with Crippen molar-refractivity contribution < 1.29 is 4.92 Å². The van der Waals surface area contributed by atoms with E-state index in [0.29, 0.717) is 5.56 Å². The van der Waals surface area contributed by atoms with Crippen LogP contribution in [0.5, 0.6) is 0 Å². The number of rotatable bonds is 3. The van der Waals surface area contributed by atoms with Gasteiger partial charge in [0.15, 0.2) is 5.13 Å². The highest BCUT2D eigenvalue weighted by atomic mass is 32.1. The van der Waals surface area contributed by atoms with Crippen LogP contribution in [0.2, 0.25) is 0 Å². The Kier molecular flexibility index (Phi) is 4.19. The largest absolute Gasteiger partial charge is 0.355 e. The van der Waals surface area contributed by atoms with Crippen LogP contribution >= 0.6 is 11.3 Å². The fourth-order valence-electron chi connectivity index (χ4n) is 2.61. The normalized spacial score (nSPS) is 15.7. The molecule has 0 unspecified atom stereocenters. The lowest BCUT2D eigenvalue weighted by molar-refractivity contribution is -0.385. The van der Waals surface area contributed by atoms with Gasteiger partial charge in [-0.2, -0.15) is 0 Å². The number of aryl methyl sites for hydroxylation is 1. The minimum Gasteiger partial charge on any atom is -0.355 e. The zero-order valence-corrected chi connectivity index (χ0v) is 13.1. The van der Waals surface area contributed by atoms with Crippen LogP contribution in [-0.2, 0) is 0 Å². The van der Waals surface area contributed by atoms with E-state index in [1.54, 1.807) is 24.3 Å². The van der Waals surface area contributed by atoms with Gasteiger partial charge in [-0.1, -0.05) is 0 Å². The van der Waals surface area contributed by atoms with Crippen molar-refractivity contribution in [1.29, 1.82) is 0 Å². The van der Waals surface area contributed by atoms with Crippen molar-refractivity contribution in [3.05, 3.63) is 39.5 Å². The maximum Gasteiger partial charge on any atom is 0.290 e. The predicted octanol–water partition coefficient (Wildman–Crippen LogP) is 2.47. The van der Waals surface area contributed by atoms with Gasteiger partial charge in [-0.05, 0) is 19.4 Å². The number of thiazole rings is 1. The van der Waals surface area contributed by atoms with Crippen LogP contribution in [0.15, 0.2) is 23.8 Å². The summed E-state index contributed by atoms with van der Waals surface area (Å²) in [6.45, 7) is 5.33. The van der Waals surface area contributed by atoms with E-state index in [1.807, 2.05) is 11.6 Å². The van der Waals surface area contributed by atoms with E-state index in [2.05, 4.69) is 19.8 Å². The molecule has 1 aliphatic rings. The van der Waals surface area contributed by atoms with Crippen molar-refractivity contribution in [2.45, 2.75) is 13.3 Å². The summed E-state index contributed by atoms with van der Waals surface area (Å²) in [5.74, 6) is 0.809. The Bertz CT molecular complexity index is 661. The molecule has 1 fully saturated rings. The Morgan fingerprint density at radius 3 is 2.68 bits per heavy atom. The van der Waals surface area contributed by atoms with E-state index in [0.717, 1.165) is 43.5 Å². The van der Waals surface area contributed by atoms with Crippen molar-refractivity contribution in [2.24, 2.45) is 0 Å². The number of nitro groups is 1. The van der Waals surface area contributed by atoms with Gasteiger partial charge in [-0.3, -0.25) is 10.1 Å². The molecule has 0 amide bonds. The lowest BCUT2D eigenvalue weighted by atomic mass is 10.2. The highest BCUT2D eigenvalue weighted by molar-refractivity contribution is 7.13. The predicted molar refractivity (Wildman–Crippen MR) is 86.8 cm³/mol. The lowest BCUT2D eigenvalue weighted by Crippen LogP contribution is -2.31. The zero-order valence-electron chi connectivity index (χ0n) is 12.3. The Morgan fingerprint density at radius 2 is 2.00 bits per heavy atom. The molecule has 3 heterocycles. The molecule has 0 saturated carbocycles.